The minimum Gasteiger partial charge on any atom is -0.262 e. The topological polar surface area (TPSA) is 12.4 Å². The lowest BCUT2D eigenvalue weighted by molar-refractivity contribution is 1.16. The van der Waals surface area contributed by atoms with Crippen molar-refractivity contribution in [2.45, 2.75) is 41.0 Å². The molecule has 1 heteroatoms. The Hall–Kier alpha value is -1.11. The van der Waals surface area contributed by atoms with E-state index in [1.165, 1.54) is 5.57 Å². The molecule has 0 heterocycles. The van der Waals surface area contributed by atoms with Crippen molar-refractivity contribution in [1.29, 1.82) is 0 Å². The first-order valence-electron chi connectivity index (χ1n) is 5.03. The standard InChI is InChI=1S/C10H17N.C3H6/c1-5-7-10(4)11-8-9(3)6-2;1-3-2/h6-8H,5H2,1-4H3;3H,1H2,2H3/b9-6-,10-7+,11-8+;. The molecule has 0 bridgehead atoms. The third-order valence-corrected chi connectivity index (χ3v) is 1.43. The molecule has 0 spiro atoms. The van der Waals surface area contributed by atoms with E-state index in [9.17, 15) is 0 Å². The molecule has 0 aromatic carbocycles. The normalized spacial score (nSPS) is 12.4. The fraction of sp³-hybridized carbons (Fsp3) is 0.462. The quantitative estimate of drug-likeness (QED) is 0.461. The van der Waals surface area contributed by atoms with Crippen LogP contribution in [0.15, 0.2) is 41.1 Å². The average Bonchev–Trinajstić information content (AvgIpc) is 2.16. The SMILES string of the molecule is C=CC.C\C=C(C)/C=N/C(C)=C/CC. The van der Waals surface area contributed by atoms with Gasteiger partial charge in [0.2, 0.25) is 0 Å². The highest BCUT2D eigenvalue weighted by Gasteiger charge is 1.80. The summed E-state index contributed by atoms with van der Waals surface area (Å²) >= 11 is 0. The zero-order valence-corrected chi connectivity index (χ0v) is 10.2. The zero-order valence-electron chi connectivity index (χ0n) is 10.2. The highest BCUT2D eigenvalue weighted by molar-refractivity contribution is 5.78. The van der Waals surface area contributed by atoms with Crippen molar-refractivity contribution >= 4 is 6.21 Å². The molecule has 0 saturated heterocycles. The summed E-state index contributed by atoms with van der Waals surface area (Å²) in [6.07, 6.45) is 8.85. The molecule has 1 nitrogen and oxygen atoms in total. The van der Waals surface area contributed by atoms with Gasteiger partial charge < -0.3 is 0 Å². The van der Waals surface area contributed by atoms with Crippen molar-refractivity contribution in [2.75, 3.05) is 0 Å². The largest absolute Gasteiger partial charge is 0.262 e. The number of hydrogen-bond donors (Lipinski definition) is 0. The number of hydrogen-bond acceptors (Lipinski definition) is 1. The minimum atomic E-state index is 1.05. The third kappa shape index (κ3) is 13.5. The van der Waals surface area contributed by atoms with E-state index in [4.69, 9.17) is 0 Å². The van der Waals surface area contributed by atoms with E-state index in [0.717, 1.165) is 12.1 Å². The molecule has 0 radical (unpaired) electrons. The van der Waals surface area contributed by atoms with E-state index in [0.29, 0.717) is 0 Å². The number of rotatable bonds is 3. The lowest BCUT2D eigenvalue weighted by Gasteiger charge is -1.90. The fourth-order valence-corrected chi connectivity index (χ4v) is 0.626. The second-order valence-electron chi connectivity index (χ2n) is 2.95. The van der Waals surface area contributed by atoms with Crippen LogP contribution < -0.4 is 0 Å². The fourth-order valence-electron chi connectivity index (χ4n) is 0.626. The van der Waals surface area contributed by atoms with Crippen LogP contribution in [0.1, 0.15) is 41.0 Å². The molecule has 0 aliphatic heterocycles. The molecule has 0 aromatic rings. The van der Waals surface area contributed by atoms with Gasteiger partial charge in [-0.1, -0.05) is 25.2 Å². The van der Waals surface area contributed by atoms with Crippen LogP contribution in [-0.4, -0.2) is 6.21 Å². The first-order valence-corrected chi connectivity index (χ1v) is 5.03. The van der Waals surface area contributed by atoms with Gasteiger partial charge in [0.1, 0.15) is 0 Å². The summed E-state index contributed by atoms with van der Waals surface area (Å²) in [5, 5.41) is 0. The van der Waals surface area contributed by atoms with Gasteiger partial charge in [0.15, 0.2) is 0 Å². The Bertz CT molecular complexity index is 219. The van der Waals surface area contributed by atoms with Crippen LogP contribution in [0.2, 0.25) is 0 Å². The second-order valence-corrected chi connectivity index (χ2v) is 2.95. The monoisotopic (exact) mass is 193 g/mol. The number of nitrogens with zero attached hydrogens (tertiary/aromatic N) is 1. The molecule has 0 aromatic heterocycles. The van der Waals surface area contributed by atoms with Crippen LogP contribution in [0.4, 0.5) is 0 Å². The van der Waals surface area contributed by atoms with Gasteiger partial charge in [0.25, 0.3) is 0 Å². The summed E-state index contributed by atoms with van der Waals surface area (Å²) in [5.41, 5.74) is 2.29. The molecular weight excluding hydrogens is 170 g/mol. The molecule has 0 rings (SSSR count). The highest BCUT2D eigenvalue weighted by Crippen LogP contribution is 1.97. The predicted octanol–water partition coefficient (Wildman–Crippen LogP) is 4.53. The molecule has 0 unspecified atom stereocenters. The van der Waals surface area contributed by atoms with Gasteiger partial charge in [0, 0.05) is 11.9 Å². The Kier molecular flexibility index (Phi) is 13.1. The smallest absolute Gasteiger partial charge is 0.0332 e. The predicted molar refractivity (Wildman–Crippen MR) is 67.8 cm³/mol. The van der Waals surface area contributed by atoms with Crippen molar-refractivity contribution in [2.24, 2.45) is 4.99 Å². The van der Waals surface area contributed by atoms with Crippen LogP contribution in [0.25, 0.3) is 0 Å². The van der Waals surface area contributed by atoms with Gasteiger partial charge in [-0.25, -0.2) is 0 Å². The average molecular weight is 193 g/mol. The van der Waals surface area contributed by atoms with E-state index >= 15 is 0 Å². The van der Waals surface area contributed by atoms with Crippen molar-refractivity contribution in [3.05, 3.63) is 36.1 Å². The lowest BCUT2D eigenvalue weighted by atomic mass is 10.3. The molecule has 0 fully saturated rings. The molecular formula is C13H23N. The summed E-state index contributed by atoms with van der Waals surface area (Å²) < 4.78 is 0. The molecule has 0 amide bonds. The first kappa shape index (κ1) is 15.4. The van der Waals surface area contributed by atoms with Crippen LogP contribution in [0, 0.1) is 0 Å². The lowest BCUT2D eigenvalue weighted by Crippen LogP contribution is -1.77. The second kappa shape index (κ2) is 11.9. The Morgan fingerprint density at radius 2 is 1.79 bits per heavy atom. The summed E-state index contributed by atoms with van der Waals surface area (Å²) in [4.78, 5) is 4.25. The molecule has 0 aliphatic rings. The van der Waals surface area contributed by atoms with Gasteiger partial charge in [-0.05, 0) is 39.7 Å². The molecule has 0 N–H and O–H groups in total. The van der Waals surface area contributed by atoms with Gasteiger partial charge in [-0.3, -0.25) is 4.99 Å². The van der Waals surface area contributed by atoms with Crippen molar-refractivity contribution in [3.8, 4) is 0 Å². The summed E-state index contributed by atoms with van der Waals surface area (Å²) in [7, 11) is 0. The number of aliphatic imine (C=N–C) groups is 1. The van der Waals surface area contributed by atoms with Gasteiger partial charge in [0.05, 0.1) is 0 Å². The van der Waals surface area contributed by atoms with E-state index in [1.54, 1.807) is 6.08 Å². The minimum absolute atomic E-state index is 1.05. The van der Waals surface area contributed by atoms with E-state index in [-0.39, 0.29) is 0 Å². The zero-order chi connectivity index (χ0) is 11.4. The third-order valence-electron chi connectivity index (χ3n) is 1.43. The van der Waals surface area contributed by atoms with E-state index in [2.05, 4.69) is 24.6 Å². The first-order chi connectivity index (χ1) is 6.62. The molecule has 80 valence electrons. The Morgan fingerprint density at radius 1 is 1.29 bits per heavy atom. The molecule has 0 aliphatic carbocycles. The highest BCUT2D eigenvalue weighted by atomic mass is 14.7. The van der Waals surface area contributed by atoms with Crippen LogP contribution in [0.5, 0.6) is 0 Å². The summed E-state index contributed by atoms with van der Waals surface area (Å²) in [6.45, 7) is 13.4. The Morgan fingerprint density at radius 3 is 2.14 bits per heavy atom. The van der Waals surface area contributed by atoms with Crippen LogP contribution in [-0.2, 0) is 0 Å². The maximum Gasteiger partial charge on any atom is 0.0332 e. The summed E-state index contributed by atoms with van der Waals surface area (Å²) in [5.74, 6) is 0. The van der Waals surface area contributed by atoms with Gasteiger partial charge >= 0.3 is 0 Å². The van der Waals surface area contributed by atoms with Crippen molar-refractivity contribution in [3.63, 3.8) is 0 Å². The maximum absolute atomic E-state index is 4.25. The van der Waals surface area contributed by atoms with E-state index in [1.807, 2.05) is 40.0 Å². The maximum atomic E-state index is 4.25. The van der Waals surface area contributed by atoms with Crippen LogP contribution in [0.3, 0.4) is 0 Å². The summed E-state index contributed by atoms with van der Waals surface area (Å²) in [6, 6.07) is 0. The van der Waals surface area contributed by atoms with Crippen LogP contribution >= 0.6 is 0 Å². The number of allylic oxidation sites excluding steroid dienone is 5. The Labute approximate surface area is 89.0 Å². The van der Waals surface area contributed by atoms with Crippen molar-refractivity contribution in [1.82, 2.24) is 0 Å². The Balaban J connectivity index is 0. The molecule has 0 atom stereocenters. The van der Waals surface area contributed by atoms with Gasteiger partial charge in [-0.15, -0.1) is 6.58 Å². The van der Waals surface area contributed by atoms with E-state index < -0.39 is 0 Å². The van der Waals surface area contributed by atoms with Gasteiger partial charge in [-0.2, -0.15) is 0 Å². The van der Waals surface area contributed by atoms with Crippen molar-refractivity contribution < 1.29 is 0 Å². The molecule has 0 saturated carbocycles. The molecule has 14 heavy (non-hydrogen) atoms.